The molecule has 4 aromatic rings. The predicted molar refractivity (Wildman–Crippen MR) is 121 cm³/mol. The SMILES string of the molecule is CN(/N=C/c1n(C)c2ccccc2[n+]1C)c1ccc(Nc2ccc(N)cc2)cc1. The number of imidazole rings is 1. The van der Waals surface area contributed by atoms with Crippen LogP contribution in [0.5, 0.6) is 0 Å². The lowest BCUT2D eigenvalue weighted by atomic mass is 10.2. The third-order valence-electron chi connectivity index (χ3n) is 5.08. The Morgan fingerprint density at radius 3 is 2.24 bits per heavy atom. The number of nitrogen functional groups attached to an aromatic ring is 1. The van der Waals surface area contributed by atoms with E-state index in [1.165, 1.54) is 11.0 Å². The molecular weight excluding hydrogens is 360 g/mol. The van der Waals surface area contributed by atoms with Gasteiger partial charge in [-0.15, -0.1) is 0 Å². The minimum absolute atomic E-state index is 0.755. The minimum atomic E-state index is 0.755. The van der Waals surface area contributed by atoms with E-state index in [2.05, 4.69) is 57.9 Å². The first kappa shape index (κ1) is 18.6. The molecule has 0 aliphatic rings. The summed E-state index contributed by atoms with van der Waals surface area (Å²) in [6, 6.07) is 24.2. The molecule has 0 saturated carbocycles. The van der Waals surface area contributed by atoms with Crippen molar-refractivity contribution >= 4 is 40.0 Å². The summed E-state index contributed by atoms with van der Waals surface area (Å²) in [4.78, 5) is 0. The van der Waals surface area contributed by atoms with Gasteiger partial charge in [-0.1, -0.05) is 12.1 Å². The second kappa shape index (κ2) is 7.67. The maximum Gasteiger partial charge on any atom is 0.302 e. The number of aromatic nitrogens is 2. The van der Waals surface area contributed by atoms with Gasteiger partial charge in [0, 0.05) is 24.1 Å². The number of hydrogen-bond acceptors (Lipinski definition) is 4. The highest BCUT2D eigenvalue weighted by atomic mass is 15.4. The van der Waals surface area contributed by atoms with Gasteiger partial charge in [0.2, 0.25) is 0 Å². The molecule has 1 heterocycles. The van der Waals surface area contributed by atoms with Crippen LogP contribution in [0.25, 0.3) is 11.0 Å². The Morgan fingerprint density at radius 2 is 1.59 bits per heavy atom. The Labute approximate surface area is 170 Å². The average molecular weight is 385 g/mol. The summed E-state index contributed by atoms with van der Waals surface area (Å²) in [5, 5.41) is 9.87. The highest BCUT2D eigenvalue weighted by Crippen LogP contribution is 2.21. The van der Waals surface area contributed by atoms with Crippen molar-refractivity contribution in [2.24, 2.45) is 19.2 Å². The van der Waals surface area contributed by atoms with E-state index >= 15 is 0 Å². The standard InChI is InChI=1S/C23H24N6/c1-27-21-6-4-5-7-22(21)28(2)23(27)16-25-29(3)20-14-12-19(13-15-20)26-18-10-8-17(24)9-11-18/h4-16,24-25H,1-3H3/p+1. The Morgan fingerprint density at radius 1 is 0.966 bits per heavy atom. The number of anilines is 4. The van der Waals surface area contributed by atoms with E-state index in [0.717, 1.165) is 28.6 Å². The van der Waals surface area contributed by atoms with Gasteiger partial charge >= 0.3 is 5.82 Å². The van der Waals surface area contributed by atoms with Crippen molar-refractivity contribution in [3.05, 3.63) is 78.6 Å². The van der Waals surface area contributed by atoms with Crippen LogP contribution in [-0.4, -0.2) is 17.8 Å². The van der Waals surface area contributed by atoms with Crippen LogP contribution < -0.4 is 20.6 Å². The normalized spacial score (nSPS) is 11.3. The van der Waals surface area contributed by atoms with Crippen LogP contribution in [0, 0.1) is 0 Å². The number of nitrogens with one attached hydrogen (secondary N) is 1. The average Bonchev–Trinajstić information content (AvgIpc) is 2.99. The van der Waals surface area contributed by atoms with Gasteiger partial charge in [0.25, 0.3) is 0 Å². The van der Waals surface area contributed by atoms with Crippen molar-refractivity contribution < 1.29 is 4.57 Å². The molecule has 146 valence electrons. The van der Waals surface area contributed by atoms with Crippen LogP contribution in [0.3, 0.4) is 0 Å². The van der Waals surface area contributed by atoms with Crippen LogP contribution in [0.15, 0.2) is 77.9 Å². The van der Waals surface area contributed by atoms with Crippen molar-refractivity contribution in [3.63, 3.8) is 0 Å². The molecule has 29 heavy (non-hydrogen) atoms. The number of nitrogens with zero attached hydrogens (tertiary/aromatic N) is 4. The number of hydrogen-bond donors (Lipinski definition) is 2. The summed E-state index contributed by atoms with van der Waals surface area (Å²) in [5.74, 6) is 1.03. The molecular formula is C23H25N6+. The van der Waals surface area contributed by atoms with Crippen molar-refractivity contribution in [2.45, 2.75) is 0 Å². The Hall–Kier alpha value is -3.80. The van der Waals surface area contributed by atoms with Gasteiger partial charge in [0.1, 0.15) is 6.21 Å². The van der Waals surface area contributed by atoms with Crippen LogP contribution in [-0.2, 0) is 14.1 Å². The molecule has 3 N–H and O–H groups in total. The number of nitrogens with two attached hydrogens (primary N) is 1. The van der Waals surface area contributed by atoms with Crippen molar-refractivity contribution in [3.8, 4) is 0 Å². The summed E-state index contributed by atoms with van der Waals surface area (Å²) >= 11 is 0. The van der Waals surface area contributed by atoms with Gasteiger partial charge in [-0.05, 0) is 60.7 Å². The predicted octanol–water partition coefficient (Wildman–Crippen LogP) is 3.80. The number of aryl methyl sites for hydroxylation is 2. The summed E-state index contributed by atoms with van der Waals surface area (Å²) in [6.07, 6.45) is 1.89. The highest BCUT2D eigenvalue weighted by Gasteiger charge is 2.17. The molecule has 0 amide bonds. The van der Waals surface area contributed by atoms with Gasteiger partial charge in [0.15, 0.2) is 11.0 Å². The zero-order valence-electron chi connectivity index (χ0n) is 16.9. The summed E-state index contributed by atoms with van der Waals surface area (Å²) in [5.41, 5.74) is 11.9. The largest absolute Gasteiger partial charge is 0.399 e. The quantitative estimate of drug-likeness (QED) is 0.238. The monoisotopic (exact) mass is 385 g/mol. The lowest BCUT2D eigenvalue weighted by molar-refractivity contribution is -0.646. The smallest absolute Gasteiger partial charge is 0.302 e. The maximum absolute atomic E-state index is 5.73. The molecule has 6 nitrogen and oxygen atoms in total. The molecule has 0 fully saturated rings. The molecule has 3 aromatic carbocycles. The number of benzene rings is 3. The first-order valence-corrected chi connectivity index (χ1v) is 9.47. The van der Waals surface area contributed by atoms with E-state index in [0.29, 0.717) is 0 Å². The molecule has 0 bridgehead atoms. The summed E-state index contributed by atoms with van der Waals surface area (Å²) in [6.45, 7) is 0. The number of para-hydroxylation sites is 2. The van der Waals surface area contributed by atoms with Crippen LogP contribution in [0.4, 0.5) is 22.7 Å². The fraction of sp³-hybridized carbons (Fsp3) is 0.130. The second-order valence-corrected chi connectivity index (χ2v) is 7.03. The molecule has 0 unspecified atom stereocenters. The van der Waals surface area contributed by atoms with E-state index in [1.54, 1.807) is 0 Å². The van der Waals surface area contributed by atoms with Crippen LogP contribution >= 0.6 is 0 Å². The van der Waals surface area contributed by atoms with Crippen molar-refractivity contribution in [1.82, 2.24) is 4.57 Å². The highest BCUT2D eigenvalue weighted by molar-refractivity contribution is 5.81. The zero-order chi connectivity index (χ0) is 20.4. The second-order valence-electron chi connectivity index (χ2n) is 7.03. The Kier molecular flexibility index (Phi) is 4.91. The third-order valence-corrected chi connectivity index (χ3v) is 5.08. The van der Waals surface area contributed by atoms with Gasteiger partial charge in [-0.3, -0.25) is 5.01 Å². The van der Waals surface area contributed by atoms with Gasteiger partial charge in [-0.25, -0.2) is 9.13 Å². The van der Waals surface area contributed by atoms with Crippen molar-refractivity contribution in [2.75, 3.05) is 23.1 Å². The molecule has 0 aliphatic heterocycles. The molecule has 0 atom stereocenters. The van der Waals surface area contributed by atoms with E-state index in [-0.39, 0.29) is 0 Å². The number of rotatable bonds is 5. The minimum Gasteiger partial charge on any atom is -0.399 e. The lowest BCUT2D eigenvalue weighted by Gasteiger charge is -2.13. The maximum atomic E-state index is 5.73. The molecule has 0 radical (unpaired) electrons. The number of fused-ring (bicyclic) bond motifs is 1. The summed E-state index contributed by atoms with van der Waals surface area (Å²) < 4.78 is 4.29. The Balaban J connectivity index is 1.50. The molecule has 0 aliphatic carbocycles. The van der Waals surface area contributed by atoms with Gasteiger partial charge in [0.05, 0.1) is 19.8 Å². The molecule has 0 saturated heterocycles. The first-order valence-electron chi connectivity index (χ1n) is 9.47. The topological polar surface area (TPSA) is 62.5 Å². The third kappa shape index (κ3) is 3.78. The van der Waals surface area contributed by atoms with Crippen LogP contribution in [0.1, 0.15) is 5.82 Å². The van der Waals surface area contributed by atoms with Crippen LogP contribution in [0.2, 0.25) is 0 Å². The molecule has 4 rings (SSSR count). The molecule has 0 spiro atoms. The van der Waals surface area contributed by atoms with E-state index < -0.39 is 0 Å². The van der Waals surface area contributed by atoms with Crippen molar-refractivity contribution in [1.29, 1.82) is 0 Å². The van der Waals surface area contributed by atoms with E-state index in [1.807, 2.05) is 66.8 Å². The Bertz CT molecular complexity index is 1120. The summed E-state index contributed by atoms with van der Waals surface area (Å²) in [7, 11) is 6.06. The lowest BCUT2D eigenvalue weighted by Crippen LogP contribution is -2.33. The fourth-order valence-electron chi connectivity index (χ4n) is 3.37. The fourth-order valence-corrected chi connectivity index (χ4v) is 3.37. The van der Waals surface area contributed by atoms with E-state index in [9.17, 15) is 0 Å². The molecule has 1 aromatic heterocycles. The molecule has 6 heteroatoms. The number of hydrazone groups is 1. The van der Waals surface area contributed by atoms with Gasteiger partial charge < -0.3 is 11.1 Å². The van der Waals surface area contributed by atoms with E-state index in [4.69, 9.17) is 5.73 Å². The first-order chi connectivity index (χ1) is 14.0. The van der Waals surface area contributed by atoms with Gasteiger partial charge in [-0.2, -0.15) is 5.10 Å². The zero-order valence-corrected chi connectivity index (χ0v) is 16.9.